The smallest absolute Gasteiger partial charge is 0.256 e. The summed E-state index contributed by atoms with van der Waals surface area (Å²) in [7, 11) is -3.48. The summed E-state index contributed by atoms with van der Waals surface area (Å²) in [6, 6.07) is 11.8. The highest BCUT2D eigenvalue weighted by atomic mass is 32.2. The molecule has 0 fully saturated rings. The third-order valence-corrected chi connectivity index (χ3v) is 6.60. The lowest BCUT2D eigenvalue weighted by atomic mass is 10.2. The molecule has 1 N–H and O–H groups in total. The van der Waals surface area contributed by atoms with Gasteiger partial charge in [0, 0.05) is 5.69 Å². The summed E-state index contributed by atoms with van der Waals surface area (Å²) in [6.07, 6.45) is 0.500. The number of sulfone groups is 1. The van der Waals surface area contributed by atoms with Crippen LogP contribution in [0, 0.1) is 6.92 Å². The van der Waals surface area contributed by atoms with Crippen LogP contribution >= 0.6 is 11.3 Å². The van der Waals surface area contributed by atoms with Crippen LogP contribution in [0.2, 0.25) is 0 Å². The largest absolute Gasteiger partial charge is 0.322 e. The summed E-state index contributed by atoms with van der Waals surface area (Å²) >= 11 is 1.54. The number of aryl methyl sites for hydroxylation is 1. The Morgan fingerprint density at radius 2 is 1.96 bits per heavy atom. The molecule has 0 bridgehead atoms. The molecule has 7 heteroatoms. The molecule has 2 aromatic carbocycles. The standard InChI is InChI=1S/C18H18N2O3S2/c1-3-10-25(22,23)17-7-5-4-6-14(17)18(21)20-13-8-9-15-16(11-13)24-12(2)19-15/h4-9,11H,3,10H2,1-2H3,(H,20,21). The van der Waals surface area contributed by atoms with Gasteiger partial charge in [-0.2, -0.15) is 0 Å². The van der Waals surface area contributed by atoms with Gasteiger partial charge in [0.15, 0.2) is 9.84 Å². The minimum absolute atomic E-state index is 0.0173. The predicted octanol–water partition coefficient (Wildman–Crippen LogP) is 4.04. The van der Waals surface area contributed by atoms with E-state index in [0.29, 0.717) is 12.1 Å². The summed E-state index contributed by atoms with van der Waals surface area (Å²) in [6.45, 7) is 3.73. The fraction of sp³-hybridized carbons (Fsp3) is 0.222. The summed E-state index contributed by atoms with van der Waals surface area (Å²) in [4.78, 5) is 17.1. The Labute approximate surface area is 150 Å². The SMILES string of the molecule is CCCS(=O)(=O)c1ccccc1C(=O)Nc1ccc2nc(C)sc2c1. The van der Waals surface area contributed by atoms with Gasteiger partial charge in [-0.05, 0) is 43.7 Å². The van der Waals surface area contributed by atoms with E-state index in [4.69, 9.17) is 0 Å². The maximum absolute atomic E-state index is 12.6. The fourth-order valence-corrected chi connectivity index (χ4v) is 5.03. The number of rotatable bonds is 5. The van der Waals surface area contributed by atoms with Gasteiger partial charge in [0.1, 0.15) is 0 Å². The van der Waals surface area contributed by atoms with Gasteiger partial charge in [-0.15, -0.1) is 11.3 Å². The Morgan fingerprint density at radius 1 is 1.20 bits per heavy atom. The van der Waals surface area contributed by atoms with Gasteiger partial charge in [0.25, 0.3) is 5.91 Å². The highest BCUT2D eigenvalue weighted by molar-refractivity contribution is 7.91. The average Bonchev–Trinajstić information content (AvgIpc) is 2.94. The molecule has 0 radical (unpaired) electrons. The number of thiazole rings is 1. The number of anilines is 1. The molecule has 0 spiro atoms. The summed E-state index contributed by atoms with van der Waals surface area (Å²) in [5.74, 6) is -0.417. The van der Waals surface area contributed by atoms with Gasteiger partial charge in [-0.25, -0.2) is 13.4 Å². The van der Waals surface area contributed by atoms with E-state index in [1.165, 1.54) is 12.1 Å². The van der Waals surface area contributed by atoms with Crippen LogP contribution in [0.25, 0.3) is 10.2 Å². The zero-order valence-corrected chi connectivity index (χ0v) is 15.6. The first-order chi connectivity index (χ1) is 11.9. The quantitative estimate of drug-likeness (QED) is 0.731. The molecule has 0 saturated carbocycles. The molecule has 25 heavy (non-hydrogen) atoms. The maximum atomic E-state index is 12.6. The number of fused-ring (bicyclic) bond motifs is 1. The van der Waals surface area contributed by atoms with Crippen molar-refractivity contribution in [3.8, 4) is 0 Å². The number of aromatic nitrogens is 1. The average molecular weight is 374 g/mol. The Morgan fingerprint density at radius 3 is 2.72 bits per heavy atom. The predicted molar refractivity (Wildman–Crippen MR) is 101 cm³/mol. The highest BCUT2D eigenvalue weighted by Gasteiger charge is 2.21. The van der Waals surface area contributed by atoms with Crippen LogP contribution < -0.4 is 5.32 Å². The zero-order valence-electron chi connectivity index (χ0n) is 13.9. The Kier molecular flexibility index (Phi) is 4.87. The molecular formula is C18H18N2O3S2. The lowest BCUT2D eigenvalue weighted by Gasteiger charge is -2.10. The van der Waals surface area contributed by atoms with Gasteiger partial charge < -0.3 is 5.32 Å². The summed E-state index contributed by atoms with van der Waals surface area (Å²) < 4.78 is 25.8. The van der Waals surface area contributed by atoms with E-state index in [1.807, 2.05) is 19.1 Å². The molecule has 3 rings (SSSR count). The molecule has 0 aliphatic rings. The minimum Gasteiger partial charge on any atom is -0.322 e. The molecular weight excluding hydrogens is 356 g/mol. The third-order valence-electron chi connectivity index (χ3n) is 3.69. The van der Waals surface area contributed by atoms with E-state index < -0.39 is 15.7 Å². The number of hydrogen-bond donors (Lipinski definition) is 1. The van der Waals surface area contributed by atoms with Crippen LogP contribution in [0.5, 0.6) is 0 Å². The van der Waals surface area contributed by atoms with Gasteiger partial charge in [-0.1, -0.05) is 19.1 Å². The highest BCUT2D eigenvalue weighted by Crippen LogP contribution is 2.26. The van der Waals surface area contributed by atoms with Crippen molar-refractivity contribution in [2.45, 2.75) is 25.2 Å². The lowest BCUT2D eigenvalue weighted by molar-refractivity contribution is 0.102. The van der Waals surface area contributed by atoms with Crippen molar-refractivity contribution in [3.05, 3.63) is 53.0 Å². The van der Waals surface area contributed by atoms with Crippen molar-refractivity contribution in [3.63, 3.8) is 0 Å². The molecule has 0 aliphatic heterocycles. The van der Waals surface area contributed by atoms with Crippen molar-refractivity contribution in [2.24, 2.45) is 0 Å². The first kappa shape index (κ1) is 17.6. The molecule has 1 heterocycles. The van der Waals surface area contributed by atoms with Gasteiger partial charge in [0.2, 0.25) is 0 Å². The Balaban J connectivity index is 1.93. The van der Waals surface area contributed by atoms with Crippen LogP contribution in [0.3, 0.4) is 0 Å². The molecule has 0 atom stereocenters. The van der Waals surface area contributed by atoms with E-state index in [1.54, 1.807) is 36.5 Å². The minimum atomic E-state index is -3.48. The van der Waals surface area contributed by atoms with E-state index >= 15 is 0 Å². The number of nitrogens with zero attached hydrogens (tertiary/aromatic N) is 1. The second-order valence-corrected chi connectivity index (χ2v) is 9.00. The molecule has 130 valence electrons. The number of hydrogen-bond acceptors (Lipinski definition) is 5. The topological polar surface area (TPSA) is 76.1 Å². The number of benzene rings is 2. The number of amides is 1. The molecule has 1 amide bonds. The fourth-order valence-electron chi connectivity index (χ4n) is 2.62. The monoisotopic (exact) mass is 374 g/mol. The molecule has 0 aliphatic carbocycles. The lowest BCUT2D eigenvalue weighted by Crippen LogP contribution is -2.17. The molecule has 1 aromatic heterocycles. The second-order valence-electron chi connectivity index (χ2n) is 5.68. The number of carbonyl (C=O) groups is 1. The van der Waals surface area contributed by atoms with Crippen LogP contribution in [-0.2, 0) is 9.84 Å². The van der Waals surface area contributed by atoms with Crippen molar-refractivity contribution in [1.29, 1.82) is 0 Å². The first-order valence-corrected chi connectivity index (χ1v) is 10.4. The van der Waals surface area contributed by atoms with E-state index in [2.05, 4.69) is 10.3 Å². The zero-order chi connectivity index (χ0) is 18.0. The first-order valence-electron chi connectivity index (χ1n) is 7.91. The van der Waals surface area contributed by atoms with Crippen LogP contribution in [0.15, 0.2) is 47.4 Å². The molecule has 0 saturated heterocycles. The number of nitrogens with one attached hydrogen (secondary N) is 1. The third kappa shape index (κ3) is 3.72. The van der Waals surface area contributed by atoms with Crippen molar-refractivity contribution in [2.75, 3.05) is 11.1 Å². The maximum Gasteiger partial charge on any atom is 0.256 e. The van der Waals surface area contributed by atoms with Gasteiger partial charge in [-0.3, -0.25) is 4.79 Å². The van der Waals surface area contributed by atoms with Gasteiger partial charge in [0.05, 0.1) is 31.4 Å². The van der Waals surface area contributed by atoms with E-state index in [0.717, 1.165) is 15.2 Å². The van der Waals surface area contributed by atoms with Crippen molar-refractivity contribution < 1.29 is 13.2 Å². The van der Waals surface area contributed by atoms with Crippen LogP contribution in [0.4, 0.5) is 5.69 Å². The normalized spacial score (nSPS) is 11.6. The summed E-state index contributed by atoms with van der Waals surface area (Å²) in [5, 5.41) is 3.74. The van der Waals surface area contributed by atoms with Crippen molar-refractivity contribution in [1.82, 2.24) is 4.98 Å². The summed E-state index contributed by atoms with van der Waals surface area (Å²) in [5.41, 5.74) is 1.66. The van der Waals surface area contributed by atoms with Crippen LogP contribution in [-0.4, -0.2) is 25.1 Å². The Hall–Kier alpha value is -2.25. The molecule has 0 unspecified atom stereocenters. The Bertz CT molecular complexity index is 1040. The molecule has 5 nitrogen and oxygen atoms in total. The van der Waals surface area contributed by atoms with Crippen LogP contribution in [0.1, 0.15) is 28.7 Å². The van der Waals surface area contributed by atoms with E-state index in [9.17, 15) is 13.2 Å². The molecule has 3 aromatic rings. The number of carbonyl (C=O) groups excluding carboxylic acids is 1. The van der Waals surface area contributed by atoms with Gasteiger partial charge >= 0.3 is 0 Å². The van der Waals surface area contributed by atoms with E-state index in [-0.39, 0.29) is 16.2 Å². The second kappa shape index (κ2) is 6.93. The van der Waals surface area contributed by atoms with Crippen molar-refractivity contribution >= 4 is 43.0 Å².